The Morgan fingerprint density at radius 1 is 0.580 bits per heavy atom. The maximum absolute atomic E-state index is 12.4. The van der Waals surface area contributed by atoms with Crippen LogP contribution in [0.4, 0.5) is 0 Å². The monoisotopic (exact) mass is 713 g/mol. The van der Waals surface area contributed by atoms with Crippen molar-refractivity contribution in [3.63, 3.8) is 0 Å². The van der Waals surface area contributed by atoms with Gasteiger partial charge >= 0.3 is 11.9 Å². The van der Waals surface area contributed by atoms with Crippen LogP contribution in [0.15, 0.2) is 0 Å². The Balaban J connectivity index is 3.51. The molecule has 1 atom stereocenters. The Kier molecular flexibility index (Phi) is 31.1. The summed E-state index contributed by atoms with van der Waals surface area (Å²) in [6, 6.07) is -1.15. The van der Waals surface area contributed by atoms with Crippen LogP contribution in [-0.4, -0.2) is 103 Å². The Hall–Kier alpha value is -3.06. The summed E-state index contributed by atoms with van der Waals surface area (Å²) in [5.41, 5.74) is 0. The van der Waals surface area contributed by atoms with Gasteiger partial charge in [0.05, 0.1) is 0 Å². The highest BCUT2D eigenvalue weighted by Crippen LogP contribution is 2.13. The SMILES string of the molecule is CC(=O)CC[C@H](NC(=O)CCC(=O)NCCCOCCCCOCCCN(C)C(=O)CCCCCCCCCCCCCCC(=O)O)C(=O)O. The molecule has 0 aliphatic heterocycles. The molecule has 0 heterocycles. The van der Waals surface area contributed by atoms with E-state index in [1.54, 1.807) is 4.90 Å². The van der Waals surface area contributed by atoms with E-state index in [9.17, 15) is 28.8 Å². The molecule has 0 spiro atoms. The first-order valence-electron chi connectivity index (χ1n) is 18.9. The molecule has 0 aromatic rings. The van der Waals surface area contributed by atoms with Gasteiger partial charge in [0.2, 0.25) is 17.7 Å². The molecule has 0 saturated heterocycles. The van der Waals surface area contributed by atoms with Crippen molar-refractivity contribution < 1.29 is 48.5 Å². The van der Waals surface area contributed by atoms with Gasteiger partial charge in [-0.15, -0.1) is 0 Å². The summed E-state index contributed by atoms with van der Waals surface area (Å²) in [5, 5.41) is 22.9. The van der Waals surface area contributed by atoms with Crippen molar-refractivity contribution in [1.29, 1.82) is 0 Å². The molecule has 50 heavy (non-hydrogen) atoms. The molecule has 0 fully saturated rings. The van der Waals surface area contributed by atoms with Crippen molar-refractivity contribution in [3.8, 4) is 0 Å². The van der Waals surface area contributed by atoms with Crippen molar-refractivity contribution in [2.75, 3.05) is 46.6 Å². The molecule has 0 aromatic heterocycles. The van der Waals surface area contributed by atoms with Crippen molar-refractivity contribution in [2.24, 2.45) is 0 Å². The summed E-state index contributed by atoms with van der Waals surface area (Å²) in [4.78, 5) is 70.8. The van der Waals surface area contributed by atoms with Crippen LogP contribution in [0.2, 0.25) is 0 Å². The number of rotatable bonds is 36. The molecule has 0 aliphatic carbocycles. The lowest BCUT2D eigenvalue weighted by Crippen LogP contribution is -2.41. The summed E-state index contributed by atoms with van der Waals surface area (Å²) < 4.78 is 11.3. The summed E-state index contributed by atoms with van der Waals surface area (Å²) >= 11 is 0. The van der Waals surface area contributed by atoms with Crippen molar-refractivity contribution >= 4 is 35.4 Å². The van der Waals surface area contributed by atoms with Crippen LogP contribution < -0.4 is 10.6 Å². The number of carboxylic acids is 2. The van der Waals surface area contributed by atoms with Gasteiger partial charge in [-0.25, -0.2) is 4.79 Å². The van der Waals surface area contributed by atoms with Crippen LogP contribution in [0.25, 0.3) is 0 Å². The highest BCUT2D eigenvalue weighted by molar-refractivity contribution is 5.87. The third-order valence-corrected chi connectivity index (χ3v) is 8.35. The second kappa shape index (κ2) is 33.1. The number of nitrogens with one attached hydrogen (secondary N) is 2. The van der Waals surface area contributed by atoms with Crippen molar-refractivity contribution in [3.05, 3.63) is 0 Å². The smallest absolute Gasteiger partial charge is 0.326 e. The molecular weight excluding hydrogens is 646 g/mol. The van der Waals surface area contributed by atoms with Crippen LogP contribution in [0.1, 0.15) is 148 Å². The first-order chi connectivity index (χ1) is 24.0. The summed E-state index contributed by atoms with van der Waals surface area (Å²) in [6.45, 7) is 4.82. The number of unbranched alkanes of at least 4 members (excludes halogenated alkanes) is 12. The number of amides is 3. The quantitative estimate of drug-likeness (QED) is 0.0611. The molecule has 3 amide bonds. The number of Topliss-reactive ketones (excluding diaryl/α,β-unsaturated/α-hetero) is 1. The average molecular weight is 714 g/mol. The number of carbonyl (C=O) groups is 6. The first kappa shape index (κ1) is 46.9. The highest BCUT2D eigenvalue weighted by atomic mass is 16.5. The number of hydrogen-bond acceptors (Lipinski definition) is 8. The fourth-order valence-corrected chi connectivity index (χ4v) is 5.24. The summed E-state index contributed by atoms with van der Waals surface area (Å²) in [5.74, 6) is -2.71. The second-order valence-electron chi connectivity index (χ2n) is 13.1. The maximum atomic E-state index is 12.4. The normalized spacial score (nSPS) is 11.6. The fraction of sp³-hybridized carbons (Fsp3) is 0.838. The van der Waals surface area contributed by atoms with Gasteiger partial charge < -0.3 is 40.0 Å². The van der Waals surface area contributed by atoms with E-state index >= 15 is 0 Å². The standard InChI is InChI=1S/C37H67N3O10/c1-31(41)21-22-32(37(47)48)39-34(43)24-23-33(42)38-25-17-29-49-27-15-16-28-50-30-18-26-40(2)35(44)19-13-11-9-7-5-3-4-6-8-10-12-14-20-36(45)46/h32H,3-30H2,1-2H3,(H,38,42)(H,39,43)(H,45,46)(H,47,48)/t32-/m0/s1. The average Bonchev–Trinajstić information content (AvgIpc) is 3.07. The minimum Gasteiger partial charge on any atom is -0.481 e. The topological polar surface area (TPSA) is 189 Å². The van der Waals surface area contributed by atoms with E-state index in [1.807, 2.05) is 7.05 Å². The molecule has 0 saturated carbocycles. The Bertz CT molecular complexity index is 946. The Morgan fingerprint density at radius 2 is 1.06 bits per heavy atom. The molecule has 0 aliphatic rings. The summed E-state index contributed by atoms with van der Waals surface area (Å²) in [7, 11) is 1.86. The lowest BCUT2D eigenvalue weighted by Gasteiger charge is -2.17. The zero-order chi connectivity index (χ0) is 37.2. The number of carboxylic acid groups (broad SMARTS) is 2. The number of carbonyl (C=O) groups excluding carboxylic acids is 4. The van der Waals surface area contributed by atoms with Gasteiger partial charge in [0.25, 0.3) is 0 Å². The molecule has 13 heteroatoms. The molecule has 0 unspecified atom stereocenters. The van der Waals surface area contributed by atoms with Gasteiger partial charge in [-0.3, -0.25) is 19.2 Å². The fourth-order valence-electron chi connectivity index (χ4n) is 5.24. The zero-order valence-electron chi connectivity index (χ0n) is 31.0. The van der Waals surface area contributed by atoms with Gasteiger partial charge in [-0.2, -0.15) is 0 Å². The Labute approximate surface area is 300 Å². The number of aliphatic carboxylic acids is 2. The third-order valence-electron chi connectivity index (χ3n) is 8.35. The second-order valence-corrected chi connectivity index (χ2v) is 13.1. The maximum Gasteiger partial charge on any atom is 0.326 e. The van der Waals surface area contributed by atoms with Crippen LogP contribution in [-0.2, 0) is 38.2 Å². The highest BCUT2D eigenvalue weighted by Gasteiger charge is 2.20. The summed E-state index contributed by atoms with van der Waals surface area (Å²) in [6.07, 6.45) is 17.6. The zero-order valence-corrected chi connectivity index (χ0v) is 31.0. The van der Waals surface area contributed by atoms with Gasteiger partial charge in [0.15, 0.2) is 0 Å². The molecule has 0 bridgehead atoms. The largest absolute Gasteiger partial charge is 0.481 e. The minimum absolute atomic E-state index is 0.0174. The first-order valence-corrected chi connectivity index (χ1v) is 18.9. The number of ether oxygens (including phenoxy) is 2. The molecule has 290 valence electrons. The Morgan fingerprint density at radius 3 is 1.58 bits per heavy atom. The predicted octanol–water partition coefficient (Wildman–Crippen LogP) is 5.42. The third kappa shape index (κ3) is 32.2. The predicted molar refractivity (Wildman–Crippen MR) is 192 cm³/mol. The molecule has 13 nitrogen and oxygen atoms in total. The van der Waals surface area contributed by atoms with Gasteiger partial charge in [-0.1, -0.05) is 64.2 Å². The van der Waals surface area contributed by atoms with Crippen LogP contribution in [0, 0.1) is 0 Å². The minimum atomic E-state index is -1.21. The lowest BCUT2D eigenvalue weighted by atomic mass is 10.0. The number of ketones is 1. The van der Waals surface area contributed by atoms with Crippen molar-refractivity contribution in [1.82, 2.24) is 15.5 Å². The van der Waals surface area contributed by atoms with Crippen LogP contribution in [0.3, 0.4) is 0 Å². The number of hydrogen-bond donors (Lipinski definition) is 4. The van der Waals surface area contributed by atoms with E-state index in [1.165, 1.54) is 51.9 Å². The van der Waals surface area contributed by atoms with Crippen LogP contribution >= 0.6 is 0 Å². The van der Waals surface area contributed by atoms with Gasteiger partial charge in [0, 0.05) is 78.7 Å². The molecule has 0 rings (SSSR count). The van der Waals surface area contributed by atoms with Crippen LogP contribution in [0.5, 0.6) is 0 Å². The van der Waals surface area contributed by atoms with E-state index in [0.717, 1.165) is 51.4 Å². The van der Waals surface area contributed by atoms with E-state index in [2.05, 4.69) is 10.6 Å². The van der Waals surface area contributed by atoms with E-state index in [-0.39, 0.29) is 49.7 Å². The lowest BCUT2D eigenvalue weighted by molar-refractivity contribution is -0.142. The van der Waals surface area contributed by atoms with Gasteiger partial charge in [0.1, 0.15) is 11.8 Å². The van der Waals surface area contributed by atoms with E-state index < -0.39 is 23.9 Å². The molecule has 4 N–H and O–H groups in total. The van der Waals surface area contributed by atoms with Gasteiger partial charge in [-0.05, 0) is 51.9 Å². The molecular formula is C37H67N3O10. The van der Waals surface area contributed by atoms with Crippen molar-refractivity contribution in [2.45, 2.75) is 154 Å². The molecule has 0 radical (unpaired) electrons. The van der Waals surface area contributed by atoms with E-state index in [0.29, 0.717) is 52.4 Å². The number of nitrogens with zero attached hydrogens (tertiary/aromatic N) is 1. The van der Waals surface area contributed by atoms with E-state index in [4.69, 9.17) is 19.7 Å². The molecule has 0 aromatic carbocycles.